The van der Waals surface area contributed by atoms with Crippen LogP contribution in [0.5, 0.6) is 0 Å². The first kappa shape index (κ1) is 12.7. The van der Waals surface area contributed by atoms with Crippen LogP contribution < -0.4 is 10.6 Å². The van der Waals surface area contributed by atoms with E-state index in [1.165, 1.54) is 24.3 Å². The first-order valence-corrected chi connectivity index (χ1v) is 6.45. The van der Waals surface area contributed by atoms with Crippen molar-refractivity contribution in [2.75, 3.05) is 11.9 Å². The molecule has 94 valence electrons. The highest BCUT2D eigenvalue weighted by atomic mass is 32.1. The van der Waals surface area contributed by atoms with Crippen molar-refractivity contribution in [2.45, 2.75) is 6.54 Å². The number of anilines is 1. The number of carbonyl (C=O) groups excluding carboxylic acids is 1. The largest absolute Gasteiger partial charge is 0.325 e. The lowest BCUT2D eigenvalue weighted by atomic mass is 10.3. The van der Waals surface area contributed by atoms with Gasteiger partial charge in [0, 0.05) is 12.2 Å². The molecule has 2 aromatic rings. The van der Waals surface area contributed by atoms with Gasteiger partial charge in [0.15, 0.2) is 0 Å². The topological polar surface area (TPSA) is 41.1 Å². The van der Waals surface area contributed by atoms with Crippen LogP contribution in [0.25, 0.3) is 0 Å². The maximum absolute atomic E-state index is 12.7. The summed E-state index contributed by atoms with van der Waals surface area (Å²) in [5, 5.41) is 9.75. The Balaban J connectivity index is 1.73. The quantitative estimate of drug-likeness (QED) is 0.871. The van der Waals surface area contributed by atoms with Crippen molar-refractivity contribution in [1.82, 2.24) is 5.32 Å². The molecular formula is C13H13FN2OS. The summed E-state index contributed by atoms with van der Waals surface area (Å²) < 4.78 is 12.7. The van der Waals surface area contributed by atoms with Crippen LogP contribution in [-0.4, -0.2) is 12.5 Å². The fourth-order valence-electron chi connectivity index (χ4n) is 1.45. The number of carbonyl (C=O) groups is 1. The van der Waals surface area contributed by atoms with Crippen LogP contribution in [0.4, 0.5) is 10.1 Å². The molecule has 1 amide bonds. The Labute approximate surface area is 109 Å². The monoisotopic (exact) mass is 264 g/mol. The maximum atomic E-state index is 12.7. The lowest BCUT2D eigenvalue weighted by Gasteiger charge is -2.06. The van der Waals surface area contributed by atoms with Gasteiger partial charge in [-0.3, -0.25) is 4.79 Å². The molecule has 2 rings (SSSR count). The number of nitrogens with one attached hydrogen (secondary N) is 2. The van der Waals surface area contributed by atoms with Gasteiger partial charge in [-0.05, 0) is 46.7 Å². The van der Waals surface area contributed by atoms with Crippen LogP contribution in [0.15, 0.2) is 41.1 Å². The van der Waals surface area contributed by atoms with E-state index in [2.05, 4.69) is 10.6 Å². The third-order valence-corrected chi connectivity index (χ3v) is 3.05. The predicted octanol–water partition coefficient (Wildman–Crippen LogP) is 2.62. The van der Waals surface area contributed by atoms with Gasteiger partial charge in [0.2, 0.25) is 5.91 Å². The van der Waals surface area contributed by atoms with Crippen LogP contribution in [0.1, 0.15) is 5.56 Å². The van der Waals surface area contributed by atoms with Crippen molar-refractivity contribution in [1.29, 1.82) is 0 Å². The maximum Gasteiger partial charge on any atom is 0.238 e. The Morgan fingerprint density at radius 3 is 2.67 bits per heavy atom. The molecule has 3 nitrogen and oxygen atoms in total. The number of hydrogen-bond acceptors (Lipinski definition) is 3. The summed E-state index contributed by atoms with van der Waals surface area (Å²) in [6, 6.07) is 7.70. The van der Waals surface area contributed by atoms with E-state index in [0.717, 1.165) is 5.56 Å². The van der Waals surface area contributed by atoms with Gasteiger partial charge in [0.1, 0.15) is 5.82 Å². The SMILES string of the molecule is O=C(CNCc1ccsc1)Nc1ccc(F)cc1. The molecule has 0 spiro atoms. The Bertz CT molecular complexity index is 496. The number of rotatable bonds is 5. The lowest BCUT2D eigenvalue weighted by molar-refractivity contribution is -0.115. The molecule has 0 unspecified atom stereocenters. The molecule has 0 aliphatic carbocycles. The number of halogens is 1. The summed E-state index contributed by atoms with van der Waals surface area (Å²) in [5.41, 5.74) is 1.76. The van der Waals surface area contributed by atoms with Crippen molar-refractivity contribution in [3.63, 3.8) is 0 Å². The van der Waals surface area contributed by atoms with Crippen LogP contribution >= 0.6 is 11.3 Å². The van der Waals surface area contributed by atoms with Crippen LogP contribution in [0.2, 0.25) is 0 Å². The molecule has 0 atom stereocenters. The minimum absolute atomic E-state index is 0.142. The first-order valence-electron chi connectivity index (χ1n) is 5.51. The fourth-order valence-corrected chi connectivity index (χ4v) is 2.12. The Morgan fingerprint density at radius 2 is 2.00 bits per heavy atom. The minimum Gasteiger partial charge on any atom is -0.325 e. The van der Waals surface area contributed by atoms with Gasteiger partial charge in [-0.25, -0.2) is 4.39 Å². The average molecular weight is 264 g/mol. The Kier molecular flexibility index (Phi) is 4.44. The number of amides is 1. The lowest BCUT2D eigenvalue weighted by Crippen LogP contribution is -2.27. The second kappa shape index (κ2) is 6.28. The molecule has 0 saturated heterocycles. The van der Waals surface area contributed by atoms with Crippen molar-refractivity contribution >= 4 is 22.9 Å². The molecule has 0 radical (unpaired) electrons. The fraction of sp³-hybridized carbons (Fsp3) is 0.154. The molecule has 0 saturated carbocycles. The van der Waals surface area contributed by atoms with E-state index >= 15 is 0 Å². The molecule has 0 fully saturated rings. The number of hydrogen-bond donors (Lipinski definition) is 2. The zero-order chi connectivity index (χ0) is 12.8. The summed E-state index contributed by atoms with van der Waals surface area (Å²) in [7, 11) is 0. The smallest absolute Gasteiger partial charge is 0.238 e. The van der Waals surface area contributed by atoms with Gasteiger partial charge >= 0.3 is 0 Å². The number of thiophene rings is 1. The van der Waals surface area contributed by atoms with Crippen molar-refractivity contribution in [3.05, 3.63) is 52.5 Å². The van der Waals surface area contributed by atoms with Crippen molar-refractivity contribution in [2.24, 2.45) is 0 Å². The van der Waals surface area contributed by atoms with Crippen molar-refractivity contribution < 1.29 is 9.18 Å². The Morgan fingerprint density at radius 1 is 1.22 bits per heavy atom. The normalized spacial score (nSPS) is 10.3. The summed E-state index contributed by atoms with van der Waals surface area (Å²) in [6.45, 7) is 0.896. The van der Waals surface area contributed by atoms with E-state index < -0.39 is 0 Å². The highest BCUT2D eigenvalue weighted by Crippen LogP contribution is 2.08. The molecule has 2 N–H and O–H groups in total. The highest BCUT2D eigenvalue weighted by molar-refractivity contribution is 7.07. The zero-order valence-corrected chi connectivity index (χ0v) is 10.5. The van der Waals surface area contributed by atoms with Gasteiger partial charge in [-0.1, -0.05) is 0 Å². The highest BCUT2D eigenvalue weighted by Gasteiger charge is 2.02. The Hall–Kier alpha value is -1.72. The summed E-state index contributed by atoms with van der Waals surface area (Å²) in [5.74, 6) is -0.458. The molecule has 1 aromatic heterocycles. The second-order valence-electron chi connectivity index (χ2n) is 3.79. The molecule has 1 aromatic carbocycles. The standard InChI is InChI=1S/C13H13FN2OS/c14-11-1-3-12(4-2-11)16-13(17)8-15-7-10-5-6-18-9-10/h1-6,9,15H,7-8H2,(H,16,17). The molecule has 0 bridgehead atoms. The third kappa shape index (κ3) is 3.94. The minimum atomic E-state index is -0.316. The van der Waals surface area contributed by atoms with Crippen LogP contribution in [0.3, 0.4) is 0 Å². The van der Waals surface area contributed by atoms with Gasteiger partial charge in [0.05, 0.1) is 6.54 Å². The van der Waals surface area contributed by atoms with E-state index in [1.807, 2.05) is 16.8 Å². The van der Waals surface area contributed by atoms with Gasteiger partial charge in [-0.15, -0.1) is 0 Å². The summed E-state index contributed by atoms with van der Waals surface area (Å²) >= 11 is 1.63. The van der Waals surface area contributed by atoms with E-state index in [-0.39, 0.29) is 18.3 Å². The molecule has 0 aliphatic heterocycles. The average Bonchev–Trinajstić information content (AvgIpc) is 2.85. The van der Waals surface area contributed by atoms with Gasteiger partial charge in [0.25, 0.3) is 0 Å². The predicted molar refractivity (Wildman–Crippen MR) is 71.1 cm³/mol. The third-order valence-electron chi connectivity index (χ3n) is 2.32. The number of benzene rings is 1. The van der Waals surface area contributed by atoms with E-state index in [9.17, 15) is 9.18 Å². The molecule has 18 heavy (non-hydrogen) atoms. The molecule has 0 aliphatic rings. The first-order chi connectivity index (χ1) is 8.74. The summed E-state index contributed by atoms with van der Waals surface area (Å²) in [4.78, 5) is 11.6. The van der Waals surface area contributed by atoms with E-state index in [0.29, 0.717) is 12.2 Å². The van der Waals surface area contributed by atoms with E-state index in [4.69, 9.17) is 0 Å². The van der Waals surface area contributed by atoms with E-state index in [1.54, 1.807) is 11.3 Å². The van der Waals surface area contributed by atoms with Gasteiger partial charge in [-0.2, -0.15) is 11.3 Å². The summed E-state index contributed by atoms with van der Waals surface area (Å²) in [6.07, 6.45) is 0. The second-order valence-corrected chi connectivity index (χ2v) is 4.57. The zero-order valence-electron chi connectivity index (χ0n) is 9.65. The van der Waals surface area contributed by atoms with Gasteiger partial charge < -0.3 is 10.6 Å². The van der Waals surface area contributed by atoms with Crippen LogP contribution in [-0.2, 0) is 11.3 Å². The molecule has 1 heterocycles. The molecule has 5 heteroatoms. The van der Waals surface area contributed by atoms with Crippen molar-refractivity contribution in [3.8, 4) is 0 Å². The van der Waals surface area contributed by atoms with Crippen LogP contribution in [0, 0.1) is 5.82 Å². The molecular weight excluding hydrogens is 251 g/mol.